The van der Waals surface area contributed by atoms with Crippen LogP contribution in [0.25, 0.3) is 0 Å². The zero-order valence-corrected chi connectivity index (χ0v) is 5.39. The van der Waals surface area contributed by atoms with Crippen molar-refractivity contribution in [3.05, 3.63) is 23.5 Å². The predicted molar refractivity (Wildman–Crippen MR) is 39.8 cm³/mol. The maximum absolute atomic E-state index is 7.42. The number of nitrogens with zero attached hydrogens (tertiary/aromatic N) is 1. The standard InChI is InChI=1S/C7H7N3/c8-6-3-9-4-7-5(6)1-2-10-7/h1-3,8,10H,4H2. The Balaban J connectivity index is 2.58. The molecule has 3 nitrogen and oxygen atoms in total. The molecule has 2 N–H and O–H groups in total. The van der Waals surface area contributed by atoms with E-state index in [9.17, 15) is 0 Å². The first-order valence-electron chi connectivity index (χ1n) is 3.13. The van der Waals surface area contributed by atoms with E-state index in [0.717, 1.165) is 11.3 Å². The highest BCUT2D eigenvalue weighted by molar-refractivity contribution is 6.37. The first-order chi connectivity index (χ1) is 4.88. The lowest BCUT2D eigenvalue weighted by Gasteiger charge is -2.03. The Hall–Kier alpha value is -1.38. The van der Waals surface area contributed by atoms with Crippen LogP contribution in [0.15, 0.2) is 17.3 Å². The van der Waals surface area contributed by atoms with Crippen molar-refractivity contribution in [3.8, 4) is 0 Å². The van der Waals surface area contributed by atoms with Crippen molar-refractivity contribution in [2.45, 2.75) is 6.54 Å². The summed E-state index contributed by atoms with van der Waals surface area (Å²) in [6.45, 7) is 0.685. The molecule has 3 heteroatoms. The van der Waals surface area contributed by atoms with E-state index in [-0.39, 0.29) is 0 Å². The van der Waals surface area contributed by atoms with Crippen LogP contribution >= 0.6 is 0 Å². The summed E-state index contributed by atoms with van der Waals surface area (Å²) in [5.74, 6) is 0. The Bertz CT molecular complexity index is 296. The van der Waals surface area contributed by atoms with Gasteiger partial charge in [-0.15, -0.1) is 0 Å². The van der Waals surface area contributed by atoms with Gasteiger partial charge in [0.05, 0.1) is 12.3 Å². The molecule has 1 aromatic rings. The molecule has 0 radical (unpaired) electrons. The highest BCUT2D eigenvalue weighted by Crippen LogP contribution is 2.11. The third kappa shape index (κ3) is 0.603. The molecule has 1 aliphatic heterocycles. The third-order valence-corrected chi connectivity index (χ3v) is 1.59. The predicted octanol–water partition coefficient (Wildman–Crippen LogP) is 0.967. The number of rotatable bonds is 0. The maximum Gasteiger partial charge on any atom is 0.0809 e. The van der Waals surface area contributed by atoms with E-state index in [2.05, 4.69) is 9.98 Å². The van der Waals surface area contributed by atoms with Crippen LogP contribution in [-0.2, 0) is 6.54 Å². The highest BCUT2D eigenvalue weighted by atomic mass is 14.8. The number of nitrogens with one attached hydrogen (secondary N) is 2. The van der Waals surface area contributed by atoms with E-state index in [4.69, 9.17) is 5.41 Å². The summed E-state index contributed by atoms with van der Waals surface area (Å²) < 4.78 is 0. The highest BCUT2D eigenvalue weighted by Gasteiger charge is 2.09. The zero-order valence-electron chi connectivity index (χ0n) is 5.39. The molecular weight excluding hydrogens is 126 g/mol. The Morgan fingerprint density at radius 3 is 3.30 bits per heavy atom. The van der Waals surface area contributed by atoms with E-state index in [1.807, 2.05) is 12.3 Å². The van der Waals surface area contributed by atoms with Gasteiger partial charge in [0.2, 0.25) is 0 Å². The monoisotopic (exact) mass is 133 g/mol. The minimum Gasteiger partial charge on any atom is -0.363 e. The van der Waals surface area contributed by atoms with E-state index in [1.165, 1.54) is 0 Å². The molecule has 0 saturated heterocycles. The number of H-pyrrole nitrogens is 1. The van der Waals surface area contributed by atoms with Crippen LogP contribution in [0.3, 0.4) is 0 Å². The van der Waals surface area contributed by atoms with Gasteiger partial charge in [0.1, 0.15) is 0 Å². The summed E-state index contributed by atoms with van der Waals surface area (Å²) in [5.41, 5.74) is 2.53. The van der Waals surface area contributed by atoms with Crippen LogP contribution in [-0.4, -0.2) is 16.9 Å². The molecule has 0 spiro atoms. The summed E-state index contributed by atoms with van der Waals surface area (Å²) in [5, 5.41) is 7.42. The smallest absolute Gasteiger partial charge is 0.0809 e. The molecule has 0 saturated carbocycles. The molecule has 0 amide bonds. The molecule has 0 aromatic carbocycles. The Morgan fingerprint density at radius 2 is 2.50 bits per heavy atom. The van der Waals surface area contributed by atoms with E-state index < -0.39 is 0 Å². The largest absolute Gasteiger partial charge is 0.363 e. The van der Waals surface area contributed by atoms with Crippen LogP contribution in [0.2, 0.25) is 0 Å². The van der Waals surface area contributed by atoms with Crippen molar-refractivity contribution in [2.75, 3.05) is 0 Å². The lowest BCUT2D eigenvalue weighted by molar-refractivity contribution is 1.01. The van der Waals surface area contributed by atoms with Crippen molar-refractivity contribution < 1.29 is 0 Å². The molecule has 50 valence electrons. The summed E-state index contributed by atoms with van der Waals surface area (Å²) in [6, 6.07) is 1.91. The minimum atomic E-state index is 0.502. The zero-order chi connectivity index (χ0) is 6.97. The van der Waals surface area contributed by atoms with Crippen molar-refractivity contribution in [1.29, 1.82) is 5.41 Å². The average Bonchev–Trinajstić information content (AvgIpc) is 2.36. The van der Waals surface area contributed by atoms with Crippen LogP contribution in [0, 0.1) is 5.41 Å². The summed E-state index contributed by atoms with van der Waals surface area (Å²) in [7, 11) is 0. The molecule has 0 unspecified atom stereocenters. The molecule has 0 atom stereocenters. The summed E-state index contributed by atoms with van der Waals surface area (Å²) in [4.78, 5) is 7.02. The Labute approximate surface area is 58.3 Å². The SMILES string of the molecule is N=C1C=NCc2[nH]ccc21. The van der Waals surface area contributed by atoms with Gasteiger partial charge in [0, 0.05) is 23.7 Å². The second kappa shape index (κ2) is 1.80. The Kier molecular flexibility index (Phi) is 0.974. The summed E-state index contributed by atoms with van der Waals surface area (Å²) in [6.07, 6.45) is 3.43. The van der Waals surface area contributed by atoms with Gasteiger partial charge in [0.15, 0.2) is 0 Å². The molecule has 1 aromatic heterocycles. The lowest BCUT2D eigenvalue weighted by atomic mass is 10.1. The third-order valence-electron chi connectivity index (χ3n) is 1.59. The van der Waals surface area contributed by atoms with Crippen LogP contribution in [0.5, 0.6) is 0 Å². The molecular formula is C7H7N3. The number of aromatic amines is 1. The molecule has 2 rings (SSSR count). The fourth-order valence-electron chi connectivity index (χ4n) is 1.08. The van der Waals surface area contributed by atoms with Crippen LogP contribution in [0.1, 0.15) is 11.3 Å². The number of hydrogen-bond acceptors (Lipinski definition) is 2. The topological polar surface area (TPSA) is 52.0 Å². The van der Waals surface area contributed by atoms with E-state index in [1.54, 1.807) is 6.21 Å². The normalized spacial score (nSPS) is 15.4. The fraction of sp³-hybridized carbons (Fsp3) is 0.143. The molecule has 0 bridgehead atoms. The molecule has 10 heavy (non-hydrogen) atoms. The number of fused-ring (bicyclic) bond motifs is 1. The lowest BCUT2D eigenvalue weighted by Crippen LogP contribution is -2.07. The van der Waals surface area contributed by atoms with Crippen LogP contribution < -0.4 is 0 Å². The molecule has 1 aliphatic rings. The van der Waals surface area contributed by atoms with Crippen molar-refractivity contribution in [1.82, 2.24) is 4.98 Å². The van der Waals surface area contributed by atoms with Crippen molar-refractivity contribution in [2.24, 2.45) is 4.99 Å². The average molecular weight is 133 g/mol. The van der Waals surface area contributed by atoms with Gasteiger partial charge in [-0.05, 0) is 6.07 Å². The molecule has 0 fully saturated rings. The number of hydrogen-bond donors (Lipinski definition) is 2. The van der Waals surface area contributed by atoms with Gasteiger partial charge in [0.25, 0.3) is 0 Å². The fourth-order valence-corrected chi connectivity index (χ4v) is 1.08. The van der Waals surface area contributed by atoms with Crippen molar-refractivity contribution >= 4 is 11.9 Å². The molecule has 0 aliphatic carbocycles. The molecule has 2 heterocycles. The first kappa shape index (κ1) is 5.41. The van der Waals surface area contributed by atoms with Gasteiger partial charge < -0.3 is 4.98 Å². The van der Waals surface area contributed by atoms with Crippen LogP contribution in [0.4, 0.5) is 0 Å². The minimum absolute atomic E-state index is 0.502. The van der Waals surface area contributed by atoms with E-state index in [0.29, 0.717) is 12.3 Å². The number of aromatic nitrogens is 1. The van der Waals surface area contributed by atoms with Gasteiger partial charge in [-0.25, -0.2) is 0 Å². The second-order valence-corrected chi connectivity index (χ2v) is 2.25. The van der Waals surface area contributed by atoms with Gasteiger partial charge >= 0.3 is 0 Å². The summed E-state index contributed by atoms with van der Waals surface area (Å²) >= 11 is 0. The van der Waals surface area contributed by atoms with Gasteiger partial charge in [-0.3, -0.25) is 10.4 Å². The first-order valence-corrected chi connectivity index (χ1v) is 3.13. The Morgan fingerprint density at radius 1 is 1.60 bits per heavy atom. The van der Waals surface area contributed by atoms with Crippen molar-refractivity contribution in [3.63, 3.8) is 0 Å². The number of aliphatic imine (C=N–C) groups is 1. The maximum atomic E-state index is 7.42. The second-order valence-electron chi connectivity index (χ2n) is 2.25. The quantitative estimate of drug-likeness (QED) is 0.530. The van der Waals surface area contributed by atoms with Gasteiger partial charge in [-0.1, -0.05) is 0 Å². The van der Waals surface area contributed by atoms with E-state index >= 15 is 0 Å². The van der Waals surface area contributed by atoms with Gasteiger partial charge in [-0.2, -0.15) is 0 Å².